The summed E-state index contributed by atoms with van der Waals surface area (Å²) in [7, 11) is 1.56. The van der Waals surface area contributed by atoms with Crippen LogP contribution in [0.25, 0.3) is 0 Å². The molecule has 0 saturated carbocycles. The Bertz CT molecular complexity index is 325. The van der Waals surface area contributed by atoms with E-state index in [0.29, 0.717) is 5.75 Å². The summed E-state index contributed by atoms with van der Waals surface area (Å²) >= 11 is 3.30. The molecule has 1 radical (unpaired) electrons. The van der Waals surface area contributed by atoms with Crippen LogP contribution in [0.5, 0.6) is 5.75 Å². The highest BCUT2D eigenvalue weighted by Gasteiger charge is 2.03. The molecule has 1 rings (SSSR count). The summed E-state index contributed by atoms with van der Waals surface area (Å²) in [6, 6.07) is 5.31. The summed E-state index contributed by atoms with van der Waals surface area (Å²) in [5.41, 5.74) is 5.74. The van der Waals surface area contributed by atoms with Gasteiger partial charge in [-0.25, -0.2) is 0 Å². The van der Waals surface area contributed by atoms with E-state index in [4.69, 9.17) is 10.5 Å². The Kier molecular flexibility index (Phi) is 3.31. The van der Waals surface area contributed by atoms with Gasteiger partial charge in [-0.3, -0.25) is 4.79 Å². The van der Waals surface area contributed by atoms with E-state index in [2.05, 4.69) is 15.9 Å². The molecule has 0 saturated heterocycles. The number of ether oxygens (including phenoxy) is 1. The third-order valence-electron chi connectivity index (χ3n) is 1.48. The molecule has 0 atom stereocenters. The number of hydrogen-bond acceptors (Lipinski definition) is 2. The smallest absolute Gasteiger partial charge is 0.226 e. The normalized spacial score (nSPS) is 9.69. The van der Waals surface area contributed by atoms with E-state index in [1.54, 1.807) is 25.3 Å². The number of hydrogen-bond donors (Lipinski definition) is 1. The Balaban J connectivity index is 2.92. The molecule has 0 aliphatic carbocycles. The molecule has 0 aromatic heterocycles. The SMILES string of the molecule is COc1cc([CH]C(N)=O)ccc1Br. The Morgan fingerprint density at radius 3 is 2.85 bits per heavy atom. The molecule has 1 aromatic carbocycles. The second-order valence-electron chi connectivity index (χ2n) is 2.44. The highest BCUT2D eigenvalue weighted by atomic mass is 79.9. The lowest BCUT2D eigenvalue weighted by atomic mass is 10.1. The van der Waals surface area contributed by atoms with E-state index in [-0.39, 0.29) is 0 Å². The number of carbonyl (C=O) groups is 1. The minimum Gasteiger partial charge on any atom is -0.496 e. The van der Waals surface area contributed by atoms with Gasteiger partial charge >= 0.3 is 0 Å². The van der Waals surface area contributed by atoms with Gasteiger partial charge in [0, 0.05) is 0 Å². The fraction of sp³-hybridized carbons (Fsp3) is 0.111. The fourth-order valence-corrected chi connectivity index (χ4v) is 1.34. The molecule has 13 heavy (non-hydrogen) atoms. The van der Waals surface area contributed by atoms with Crippen molar-refractivity contribution in [3.05, 3.63) is 34.7 Å². The zero-order chi connectivity index (χ0) is 9.84. The van der Waals surface area contributed by atoms with Crippen LogP contribution in [0.3, 0.4) is 0 Å². The summed E-state index contributed by atoms with van der Waals surface area (Å²) in [4.78, 5) is 10.6. The monoisotopic (exact) mass is 242 g/mol. The van der Waals surface area contributed by atoms with Crippen molar-refractivity contribution >= 4 is 21.8 Å². The second-order valence-corrected chi connectivity index (χ2v) is 3.30. The number of nitrogens with two attached hydrogens (primary N) is 1. The van der Waals surface area contributed by atoms with Crippen molar-refractivity contribution < 1.29 is 9.53 Å². The maximum Gasteiger partial charge on any atom is 0.226 e. The first-order chi connectivity index (χ1) is 6.13. The molecule has 0 bridgehead atoms. The van der Waals surface area contributed by atoms with Crippen molar-refractivity contribution in [3.63, 3.8) is 0 Å². The van der Waals surface area contributed by atoms with Gasteiger partial charge in [0.2, 0.25) is 5.91 Å². The van der Waals surface area contributed by atoms with Gasteiger partial charge in [0.15, 0.2) is 0 Å². The van der Waals surface area contributed by atoms with E-state index in [9.17, 15) is 4.79 Å². The number of benzene rings is 1. The zero-order valence-corrected chi connectivity index (χ0v) is 8.67. The first-order valence-corrected chi connectivity index (χ1v) is 4.40. The van der Waals surface area contributed by atoms with Crippen molar-refractivity contribution in [3.8, 4) is 5.75 Å². The number of amides is 1. The average Bonchev–Trinajstić information content (AvgIpc) is 2.07. The van der Waals surface area contributed by atoms with E-state index in [1.807, 2.05) is 0 Å². The number of rotatable bonds is 3. The van der Waals surface area contributed by atoms with Crippen molar-refractivity contribution in [2.75, 3.05) is 7.11 Å². The predicted molar refractivity (Wildman–Crippen MR) is 53.3 cm³/mol. The Labute approximate surface area is 85.0 Å². The quantitative estimate of drug-likeness (QED) is 0.874. The third kappa shape index (κ3) is 2.73. The van der Waals surface area contributed by atoms with Crippen LogP contribution < -0.4 is 10.5 Å². The molecule has 1 aromatic rings. The van der Waals surface area contributed by atoms with Crippen molar-refractivity contribution in [1.82, 2.24) is 0 Å². The number of methoxy groups -OCH3 is 1. The largest absolute Gasteiger partial charge is 0.496 e. The van der Waals surface area contributed by atoms with Gasteiger partial charge in [-0.15, -0.1) is 0 Å². The molecule has 69 valence electrons. The van der Waals surface area contributed by atoms with Crippen LogP contribution in [0.2, 0.25) is 0 Å². The van der Waals surface area contributed by atoms with Crippen LogP contribution in [0.1, 0.15) is 5.56 Å². The van der Waals surface area contributed by atoms with Crippen LogP contribution in [0.15, 0.2) is 22.7 Å². The fourth-order valence-electron chi connectivity index (χ4n) is 0.930. The van der Waals surface area contributed by atoms with Crippen LogP contribution in [0, 0.1) is 6.42 Å². The van der Waals surface area contributed by atoms with Gasteiger partial charge in [-0.2, -0.15) is 0 Å². The summed E-state index contributed by atoms with van der Waals surface area (Å²) in [6.45, 7) is 0. The lowest BCUT2D eigenvalue weighted by Gasteiger charge is -2.04. The zero-order valence-electron chi connectivity index (χ0n) is 7.08. The Morgan fingerprint density at radius 2 is 2.31 bits per heavy atom. The molecule has 3 nitrogen and oxygen atoms in total. The summed E-state index contributed by atoms with van der Waals surface area (Å²) in [5.74, 6) is 0.208. The molecular weight excluding hydrogens is 234 g/mol. The molecule has 0 aliphatic rings. The molecule has 0 unspecified atom stereocenters. The van der Waals surface area contributed by atoms with Crippen LogP contribution in [-0.4, -0.2) is 13.0 Å². The maximum absolute atomic E-state index is 10.6. The molecule has 4 heteroatoms. The Hall–Kier alpha value is -1.03. The summed E-state index contributed by atoms with van der Waals surface area (Å²) in [6.07, 6.45) is 1.34. The predicted octanol–water partition coefficient (Wildman–Crippen LogP) is 1.50. The minimum atomic E-state index is -0.468. The second kappa shape index (κ2) is 4.28. The number of carbonyl (C=O) groups excluding carboxylic acids is 1. The average molecular weight is 243 g/mol. The highest BCUT2D eigenvalue weighted by molar-refractivity contribution is 9.10. The standard InChI is InChI=1S/C9H9BrNO2/c1-13-8-4-6(5-9(11)12)2-3-7(8)10/h2-5H,1H3,(H2,11,12). The van der Waals surface area contributed by atoms with Gasteiger partial charge < -0.3 is 10.5 Å². The molecule has 1 amide bonds. The van der Waals surface area contributed by atoms with Gasteiger partial charge in [-0.1, -0.05) is 6.07 Å². The topological polar surface area (TPSA) is 52.3 Å². The lowest BCUT2D eigenvalue weighted by Crippen LogP contribution is -2.11. The van der Waals surface area contributed by atoms with Crippen molar-refractivity contribution in [2.24, 2.45) is 5.73 Å². The van der Waals surface area contributed by atoms with E-state index >= 15 is 0 Å². The first-order valence-electron chi connectivity index (χ1n) is 3.61. The van der Waals surface area contributed by atoms with Gasteiger partial charge in [0.1, 0.15) is 5.75 Å². The molecule has 0 heterocycles. The van der Waals surface area contributed by atoms with Gasteiger partial charge in [0.05, 0.1) is 18.0 Å². The van der Waals surface area contributed by atoms with E-state index in [1.165, 1.54) is 6.42 Å². The number of halogens is 1. The first kappa shape index (κ1) is 10.1. The molecule has 0 spiro atoms. The van der Waals surface area contributed by atoms with E-state index in [0.717, 1.165) is 10.0 Å². The Morgan fingerprint density at radius 1 is 1.62 bits per heavy atom. The summed E-state index contributed by atoms with van der Waals surface area (Å²) in [5, 5.41) is 0. The van der Waals surface area contributed by atoms with E-state index < -0.39 is 5.91 Å². The molecule has 0 aliphatic heterocycles. The van der Waals surface area contributed by atoms with Crippen LogP contribution in [0.4, 0.5) is 0 Å². The summed E-state index contributed by atoms with van der Waals surface area (Å²) < 4.78 is 5.89. The molecular formula is C9H9BrNO2. The highest BCUT2D eigenvalue weighted by Crippen LogP contribution is 2.25. The maximum atomic E-state index is 10.6. The molecule has 2 N–H and O–H groups in total. The van der Waals surface area contributed by atoms with Crippen molar-refractivity contribution in [2.45, 2.75) is 0 Å². The third-order valence-corrected chi connectivity index (χ3v) is 2.14. The number of primary amides is 1. The van der Waals surface area contributed by atoms with Crippen molar-refractivity contribution in [1.29, 1.82) is 0 Å². The molecule has 0 fully saturated rings. The van der Waals surface area contributed by atoms with Crippen LogP contribution in [-0.2, 0) is 4.79 Å². The van der Waals surface area contributed by atoms with Gasteiger partial charge in [0.25, 0.3) is 0 Å². The lowest BCUT2D eigenvalue weighted by molar-refractivity contribution is -0.114. The minimum absolute atomic E-state index is 0.468. The van der Waals surface area contributed by atoms with Gasteiger partial charge in [-0.05, 0) is 33.6 Å². The van der Waals surface area contributed by atoms with Crippen LogP contribution >= 0.6 is 15.9 Å².